The van der Waals surface area contributed by atoms with Gasteiger partial charge in [0.15, 0.2) is 11.5 Å². The number of pyridine rings is 2. The number of carbonyl (C=O) groups is 1. The van der Waals surface area contributed by atoms with Crippen molar-refractivity contribution >= 4 is 33.7 Å². The minimum Gasteiger partial charge on any atom is -0.336 e. The average Bonchev–Trinajstić information content (AvgIpc) is 3.62. The van der Waals surface area contributed by atoms with Crippen molar-refractivity contribution in [2.24, 2.45) is 0 Å². The SMILES string of the molecule is O=C(Cc1ccccc1)Nc1cncc(-c2ccc3[nH]nc(-c4nc5c(-c6ccc(F)cc6)cccc5[nH]4)c3n2)c1. The Morgan fingerprint density at radius 1 is 0.805 bits per heavy atom. The fourth-order valence-corrected chi connectivity index (χ4v) is 4.87. The van der Waals surface area contributed by atoms with E-state index in [2.05, 4.69) is 25.5 Å². The van der Waals surface area contributed by atoms with Crippen molar-refractivity contribution in [3.8, 4) is 33.9 Å². The van der Waals surface area contributed by atoms with Crippen LogP contribution in [0.15, 0.2) is 103 Å². The highest BCUT2D eigenvalue weighted by Gasteiger charge is 2.17. The Hall–Kier alpha value is -5.70. The van der Waals surface area contributed by atoms with E-state index in [0.717, 1.165) is 38.8 Å². The molecule has 8 nitrogen and oxygen atoms in total. The van der Waals surface area contributed by atoms with Crippen LogP contribution in [-0.2, 0) is 11.2 Å². The molecule has 1 amide bonds. The molecule has 0 aliphatic carbocycles. The molecule has 0 bridgehead atoms. The Balaban J connectivity index is 1.21. The number of hydrogen-bond acceptors (Lipinski definition) is 5. The van der Waals surface area contributed by atoms with Crippen LogP contribution in [0.2, 0.25) is 0 Å². The van der Waals surface area contributed by atoms with Gasteiger partial charge in [0, 0.05) is 17.3 Å². The molecular formula is C32H22FN7O. The minimum absolute atomic E-state index is 0.124. The van der Waals surface area contributed by atoms with E-state index in [9.17, 15) is 9.18 Å². The van der Waals surface area contributed by atoms with Crippen LogP contribution in [0.25, 0.3) is 56.0 Å². The van der Waals surface area contributed by atoms with E-state index in [1.54, 1.807) is 24.5 Å². The summed E-state index contributed by atoms with van der Waals surface area (Å²) in [5.74, 6) is 0.148. The third-order valence-corrected chi connectivity index (χ3v) is 6.83. The Labute approximate surface area is 233 Å². The highest BCUT2D eigenvalue weighted by molar-refractivity contribution is 5.96. The van der Waals surface area contributed by atoms with Crippen molar-refractivity contribution in [1.29, 1.82) is 0 Å². The summed E-state index contributed by atoms with van der Waals surface area (Å²) >= 11 is 0. The highest BCUT2D eigenvalue weighted by atomic mass is 19.1. The van der Waals surface area contributed by atoms with Crippen molar-refractivity contribution in [3.63, 3.8) is 0 Å². The van der Waals surface area contributed by atoms with Gasteiger partial charge >= 0.3 is 0 Å². The van der Waals surface area contributed by atoms with Crippen molar-refractivity contribution in [1.82, 2.24) is 30.1 Å². The van der Waals surface area contributed by atoms with Gasteiger partial charge in [0.2, 0.25) is 5.91 Å². The zero-order chi connectivity index (χ0) is 27.8. The Morgan fingerprint density at radius 2 is 1.66 bits per heavy atom. The number of aromatic nitrogens is 6. The Morgan fingerprint density at radius 3 is 2.51 bits per heavy atom. The molecule has 0 unspecified atom stereocenters. The molecule has 0 radical (unpaired) electrons. The molecule has 0 saturated carbocycles. The number of nitrogens with zero attached hydrogens (tertiary/aromatic N) is 4. The number of rotatable bonds is 6. The lowest BCUT2D eigenvalue weighted by molar-refractivity contribution is -0.115. The number of imidazole rings is 1. The lowest BCUT2D eigenvalue weighted by Gasteiger charge is -2.07. The minimum atomic E-state index is -0.288. The second kappa shape index (κ2) is 10.1. The number of amides is 1. The maximum atomic E-state index is 13.5. The first-order valence-corrected chi connectivity index (χ1v) is 13.0. The van der Waals surface area contributed by atoms with Crippen LogP contribution < -0.4 is 5.32 Å². The monoisotopic (exact) mass is 539 g/mol. The summed E-state index contributed by atoms with van der Waals surface area (Å²) in [5.41, 5.74) is 8.25. The maximum absolute atomic E-state index is 13.5. The molecule has 3 aromatic carbocycles. The first-order chi connectivity index (χ1) is 20.1. The molecule has 9 heteroatoms. The van der Waals surface area contributed by atoms with E-state index >= 15 is 0 Å². The van der Waals surface area contributed by atoms with E-state index < -0.39 is 0 Å². The number of fused-ring (bicyclic) bond motifs is 2. The predicted octanol–water partition coefficient (Wildman–Crippen LogP) is 6.55. The maximum Gasteiger partial charge on any atom is 0.228 e. The van der Waals surface area contributed by atoms with Gasteiger partial charge in [-0.05, 0) is 47.5 Å². The normalized spacial score (nSPS) is 11.2. The van der Waals surface area contributed by atoms with E-state index in [-0.39, 0.29) is 18.1 Å². The lowest BCUT2D eigenvalue weighted by Crippen LogP contribution is -2.14. The van der Waals surface area contributed by atoms with Crippen LogP contribution in [0.5, 0.6) is 0 Å². The summed E-state index contributed by atoms with van der Waals surface area (Å²) in [5, 5.41) is 10.5. The van der Waals surface area contributed by atoms with Crippen LogP contribution in [0.3, 0.4) is 0 Å². The van der Waals surface area contributed by atoms with Gasteiger partial charge in [-0.15, -0.1) is 0 Å². The lowest BCUT2D eigenvalue weighted by atomic mass is 10.0. The number of anilines is 1. The standard InChI is InChI=1S/C32H22FN7O/c33-22-11-9-20(10-12-22)24-7-4-8-26-29(24)38-32(37-26)31-30-27(39-40-31)14-13-25(36-30)21-16-23(18-34-17-21)35-28(41)15-19-5-2-1-3-6-19/h1-14,16-18H,15H2,(H,35,41)(H,37,38)(H,39,40). The van der Waals surface area contributed by atoms with Crippen molar-refractivity contribution in [2.45, 2.75) is 6.42 Å². The molecule has 0 atom stereocenters. The summed E-state index contributed by atoms with van der Waals surface area (Å²) in [7, 11) is 0. The molecule has 0 aliphatic heterocycles. The summed E-state index contributed by atoms with van der Waals surface area (Å²) in [6.45, 7) is 0. The number of benzene rings is 3. The summed E-state index contributed by atoms with van der Waals surface area (Å²) in [6, 6.07) is 27.4. The predicted molar refractivity (Wildman–Crippen MR) is 156 cm³/mol. The zero-order valence-corrected chi connectivity index (χ0v) is 21.6. The molecule has 0 saturated heterocycles. The molecule has 198 valence electrons. The second-order valence-corrected chi connectivity index (χ2v) is 9.63. The summed E-state index contributed by atoms with van der Waals surface area (Å²) < 4.78 is 13.5. The first-order valence-electron chi connectivity index (χ1n) is 13.0. The van der Waals surface area contributed by atoms with Gasteiger partial charge in [-0.3, -0.25) is 14.9 Å². The van der Waals surface area contributed by atoms with Gasteiger partial charge in [-0.2, -0.15) is 5.10 Å². The average molecular weight is 540 g/mol. The number of nitrogens with one attached hydrogen (secondary N) is 3. The first kappa shape index (κ1) is 24.3. The summed E-state index contributed by atoms with van der Waals surface area (Å²) in [4.78, 5) is 30.0. The molecule has 0 fully saturated rings. The number of halogens is 1. The van der Waals surface area contributed by atoms with E-state index in [1.165, 1.54) is 12.1 Å². The van der Waals surface area contributed by atoms with Crippen LogP contribution in [0, 0.1) is 5.82 Å². The van der Waals surface area contributed by atoms with E-state index in [4.69, 9.17) is 9.97 Å². The number of hydrogen-bond donors (Lipinski definition) is 3. The molecule has 0 aliphatic rings. The quantitative estimate of drug-likeness (QED) is 0.222. The number of aromatic amines is 2. The van der Waals surface area contributed by atoms with Crippen LogP contribution in [0.4, 0.5) is 10.1 Å². The molecule has 4 heterocycles. The smallest absolute Gasteiger partial charge is 0.228 e. The van der Waals surface area contributed by atoms with Gasteiger partial charge in [0.25, 0.3) is 0 Å². The van der Waals surface area contributed by atoms with Gasteiger partial charge in [0.1, 0.15) is 11.3 Å². The van der Waals surface area contributed by atoms with Gasteiger partial charge in [-0.1, -0.05) is 54.6 Å². The van der Waals surface area contributed by atoms with Crippen molar-refractivity contribution < 1.29 is 9.18 Å². The molecule has 3 N–H and O–H groups in total. The van der Waals surface area contributed by atoms with Crippen molar-refractivity contribution in [3.05, 3.63) is 115 Å². The molecule has 4 aromatic heterocycles. The van der Waals surface area contributed by atoms with Gasteiger partial charge in [-0.25, -0.2) is 14.4 Å². The molecule has 7 rings (SSSR count). The fourth-order valence-electron chi connectivity index (χ4n) is 4.87. The Kier molecular flexibility index (Phi) is 6.01. The van der Waals surface area contributed by atoms with Crippen molar-refractivity contribution in [2.75, 3.05) is 5.32 Å². The third-order valence-electron chi connectivity index (χ3n) is 6.83. The third kappa shape index (κ3) is 4.80. The number of H-pyrrole nitrogens is 2. The molecule has 41 heavy (non-hydrogen) atoms. The Bertz CT molecular complexity index is 2030. The zero-order valence-electron chi connectivity index (χ0n) is 21.6. The van der Waals surface area contributed by atoms with E-state index in [0.29, 0.717) is 28.4 Å². The highest BCUT2D eigenvalue weighted by Crippen LogP contribution is 2.32. The van der Waals surface area contributed by atoms with Crippen LogP contribution in [0.1, 0.15) is 5.56 Å². The van der Waals surface area contributed by atoms with Gasteiger partial charge in [0.05, 0.1) is 40.5 Å². The molecule has 0 spiro atoms. The summed E-state index contributed by atoms with van der Waals surface area (Å²) in [6.07, 6.45) is 3.59. The topological polar surface area (TPSA) is 112 Å². The molecular weight excluding hydrogens is 517 g/mol. The largest absolute Gasteiger partial charge is 0.336 e. The fraction of sp³-hybridized carbons (Fsp3) is 0.0312. The van der Waals surface area contributed by atoms with E-state index in [1.807, 2.05) is 66.7 Å². The molecule has 7 aromatic rings. The number of carbonyl (C=O) groups excluding carboxylic acids is 1. The van der Waals surface area contributed by atoms with Crippen LogP contribution in [-0.4, -0.2) is 36.0 Å². The number of para-hydroxylation sites is 1. The van der Waals surface area contributed by atoms with Gasteiger partial charge < -0.3 is 10.3 Å². The van der Waals surface area contributed by atoms with Crippen LogP contribution >= 0.6 is 0 Å². The second-order valence-electron chi connectivity index (χ2n) is 9.63.